The number of pyridine rings is 2. The lowest BCUT2D eigenvalue weighted by molar-refractivity contribution is 1.23. The average molecular weight is 267 g/mol. The average Bonchev–Trinajstić information content (AvgIpc) is 2.33. The van der Waals surface area contributed by atoms with Gasteiger partial charge in [-0.25, -0.2) is 4.98 Å². The topological polar surface area (TPSA) is 50.2 Å². The Balaban J connectivity index is 2.05. The van der Waals surface area contributed by atoms with Crippen molar-refractivity contribution in [2.24, 2.45) is 5.10 Å². The molecule has 4 nitrogen and oxygen atoms in total. The van der Waals surface area contributed by atoms with E-state index < -0.39 is 0 Å². The Morgan fingerprint density at radius 3 is 2.88 bits per heavy atom. The fourth-order valence-electron chi connectivity index (χ4n) is 1.12. The monoisotopic (exact) mass is 266 g/mol. The Hall–Kier alpha value is -1.65. The van der Waals surface area contributed by atoms with Crippen LogP contribution in [0.25, 0.3) is 0 Å². The van der Waals surface area contributed by atoms with Gasteiger partial charge in [0.25, 0.3) is 0 Å². The number of nitrogens with zero attached hydrogens (tertiary/aromatic N) is 3. The van der Waals surface area contributed by atoms with Crippen LogP contribution in [0.1, 0.15) is 5.56 Å². The highest BCUT2D eigenvalue weighted by Gasteiger charge is 2.00. The summed E-state index contributed by atoms with van der Waals surface area (Å²) in [5.74, 6) is 0.455. The summed E-state index contributed by atoms with van der Waals surface area (Å²) in [5.41, 5.74) is 3.61. The smallest absolute Gasteiger partial charge is 0.165 e. The van der Waals surface area contributed by atoms with Gasteiger partial charge in [-0.1, -0.05) is 29.3 Å². The van der Waals surface area contributed by atoms with Gasteiger partial charge in [0.1, 0.15) is 0 Å². The molecule has 0 fully saturated rings. The first-order valence-corrected chi connectivity index (χ1v) is 5.51. The summed E-state index contributed by atoms with van der Waals surface area (Å²) < 4.78 is 0. The predicted molar refractivity (Wildman–Crippen MR) is 69.7 cm³/mol. The van der Waals surface area contributed by atoms with Crippen LogP contribution in [0.3, 0.4) is 0 Å². The minimum atomic E-state index is 0.417. The standard InChI is InChI=1S/C11H8Cl2N4/c12-9-4-10(13)11(15-7-9)17-16-6-8-2-1-3-14-5-8/h1-7H,(H,15,17)/b16-6-. The summed E-state index contributed by atoms with van der Waals surface area (Å²) >= 11 is 11.6. The van der Waals surface area contributed by atoms with Gasteiger partial charge in [-0.05, 0) is 12.1 Å². The molecule has 0 atom stereocenters. The Labute approximate surface area is 108 Å². The maximum absolute atomic E-state index is 5.92. The third-order valence-electron chi connectivity index (χ3n) is 1.88. The second kappa shape index (κ2) is 5.61. The van der Waals surface area contributed by atoms with E-state index in [9.17, 15) is 0 Å². The maximum Gasteiger partial charge on any atom is 0.165 e. The molecule has 0 saturated carbocycles. The van der Waals surface area contributed by atoms with Crippen molar-refractivity contribution in [1.82, 2.24) is 9.97 Å². The number of hydrogen-bond donors (Lipinski definition) is 1. The van der Waals surface area contributed by atoms with Crippen molar-refractivity contribution in [2.75, 3.05) is 5.43 Å². The van der Waals surface area contributed by atoms with Gasteiger partial charge >= 0.3 is 0 Å². The molecule has 2 aromatic heterocycles. The second-order valence-corrected chi connectivity index (χ2v) is 3.98. The van der Waals surface area contributed by atoms with Gasteiger partial charge in [0, 0.05) is 24.2 Å². The van der Waals surface area contributed by atoms with Crippen molar-refractivity contribution in [3.63, 3.8) is 0 Å². The Morgan fingerprint density at radius 2 is 2.18 bits per heavy atom. The van der Waals surface area contributed by atoms with Gasteiger partial charge in [0.15, 0.2) is 5.82 Å². The molecule has 2 aromatic rings. The van der Waals surface area contributed by atoms with Gasteiger partial charge in [-0.15, -0.1) is 0 Å². The molecule has 1 N–H and O–H groups in total. The highest BCUT2D eigenvalue weighted by atomic mass is 35.5. The molecule has 0 aliphatic carbocycles. The molecule has 0 saturated heterocycles. The van der Waals surface area contributed by atoms with E-state index in [1.165, 1.54) is 6.20 Å². The number of hydrazone groups is 1. The molecule has 0 aliphatic rings. The molecule has 0 radical (unpaired) electrons. The minimum absolute atomic E-state index is 0.417. The minimum Gasteiger partial charge on any atom is -0.264 e. The van der Waals surface area contributed by atoms with Crippen LogP contribution in [0, 0.1) is 0 Å². The van der Waals surface area contributed by atoms with E-state index in [-0.39, 0.29) is 0 Å². The van der Waals surface area contributed by atoms with Crippen LogP contribution < -0.4 is 5.43 Å². The first-order chi connectivity index (χ1) is 8.25. The second-order valence-electron chi connectivity index (χ2n) is 3.14. The number of halogens is 2. The van der Waals surface area contributed by atoms with Crippen LogP contribution >= 0.6 is 23.2 Å². The van der Waals surface area contributed by atoms with Crippen molar-refractivity contribution >= 4 is 35.2 Å². The molecular weight excluding hydrogens is 259 g/mol. The third-order valence-corrected chi connectivity index (χ3v) is 2.37. The first-order valence-electron chi connectivity index (χ1n) is 4.76. The summed E-state index contributed by atoms with van der Waals surface area (Å²) in [7, 11) is 0. The molecule has 6 heteroatoms. The normalized spacial score (nSPS) is 10.7. The van der Waals surface area contributed by atoms with E-state index in [0.717, 1.165) is 5.56 Å². The fraction of sp³-hybridized carbons (Fsp3) is 0. The predicted octanol–water partition coefficient (Wildman–Crippen LogP) is 3.23. The zero-order valence-corrected chi connectivity index (χ0v) is 10.2. The van der Waals surface area contributed by atoms with Crippen molar-refractivity contribution in [3.8, 4) is 0 Å². The SMILES string of the molecule is Clc1cnc(N/N=C\c2cccnc2)c(Cl)c1. The maximum atomic E-state index is 5.92. The largest absolute Gasteiger partial charge is 0.264 e. The van der Waals surface area contributed by atoms with Gasteiger partial charge in [0.05, 0.1) is 16.3 Å². The zero-order chi connectivity index (χ0) is 12.1. The number of aromatic nitrogens is 2. The molecule has 0 bridgehead atoms. The van der Waals surface area contributed by atoms with Crippen LogP contribution in [0.2, 0.25) is 10.0 Å². The Bertz CT molecular complexity index is 528. The lowest BCUT2D eigenvalue weighted by Crippen LogP contribution is -1.94. The van der Waals surface area contributed by atoms with Crippen LogP contribution in [-0.2, 0) is 0 Å². The van der Waals surface area contributed by atoms with E-state index in [1.54, 1.807) is 24.7 Å². The Morgan fingerprint density at radius 1 is 1.29 bits per heavy atom. The van der Waals surface area contributed by atoms with Crippen molar-refractivity contribution in [1.29, 1.82) is 0 Å². The number of nitrogens with one attached hydrogen (secondary N) is 1. The quantitative estimate of drug-likeness (QED) is 0.686. The van der Waals surface area contributed by atoms with Crippen LogP contribution in [0.4, 0.5) is 5.82 Å². The molecule has 86 valence electrons. The van der Waals surface area contributed by atoms with Gasteiger partial charge in [-0.2, -0.15) is 5.10 Å². The molecule has 0 aliphatic heterocycles. The molecule has 0 spiro atoms. The molecular formula is C11H8Cl2N4. The van der Waals surface area contributed by atoms with E-state index >= 15 is 0 Å². The number of rotatable bonds is 3. The highest BCUT2D eigenvalue weighted by Crippen LogP contribution is 2.22. The number of hydrogen-bond acceptors (Lipinski definition) is 4. The fourth-order valence-corrected chi connectivity index (χ4v) is 1.54. The van der Waals surface area contributed by atoms with Gasteiger partial charge in [-0.3, -0.25) is 10.4 Å². The summed E-state index contributed by atoms with van der Waals surface area (Å²) in [4.78, 5) is 7.97. The van der Waals surface area contributed by atoms with E-state index in [4.69, 9.17) is 23.2 Å². The highest BCUT2D eigenvalue weighted by molar-refractivity contribution is 6.35. The third kappa shape index (κ3) is 3.41. The van der Waals surface area contributed by atoms with Crippen molar-refractivity contribution in [2.45, 2.75) is 0 Å². The molecule has 0 amide bonds. The van der Waals surface area contributed by atoms with E-state index in [1.807, 2.05) is 12.1 Å². The number of anilines is 1. The summed E-state index contributed by atoms with van der Waals surface area (Å²) in [6.07, 6.45) is 6.51. The summed E-state index contributed by atoms with van der Waals surface area (Å²) in [6.45, 7) is 0. The van der Waals surface area contributed by atoms with Crippen molar-refractivity contribution < 1.29 is 0 Å². The lowest BCUT2D eigenvalue weighted by Gasteiger charge is -2.01. The summed E-state index contributed by atoms with van der Waals surface area (Å²) in [5, 5.41) is 4.90. The van der Waals surface area contributed by atoms with Crippen LogP contribution in [-0.4, -0.2) is 16.2 Å². The molecule has 2 heterocycles. The molecule has 0 aromatic carbocycles. The van der Waals surface area contributed by atoms with Crippen LogP contribution in [0.15, 0.2) is 41.9 Å². The summed E-state index contributed by atoms with van der Waals surface area (Å²) in [6, 6.07) is 5.31. The zero-order valence-electron chi connectivity index (χ0n) is 8.64. The molecule has 17 heavy (non-hydrogen) atoms. The van der Waals surface area contributed by atoms with Crippen LogP contribution in [0.5, 0.6) is 0 Å². The molecule has 0 unspecified atom stereocenters. The Kier molecular flexibility index (Phi) is 3.90. The lowest BCUT2D eigenvalue weighted by atomic mass is 10.3. The van der Waals surface area contributed by atoms with E-state index in [0.29, 0.717) is 15.9 Å². The van der Waals surface area contributed by atoms with Gasteiger partial charge in [0.2, 0.25) is 0 Å². The molecule has 2 rings (SSSR count). The van der Waals surface area contributed by atoms with Crippen molar-refractivity contribution in [3.05, 3.63) is 52.4 Å². The first kappa shape index (κ1) is 11.8. The van der Waals surface area contributed by atoms with Gasteiger partial charge < -0.3 is 0 Å². The van der Waals surface area contributed by atoms with E-state index in [2.05, 4.69) is 20.5 Å².